The van der Waals surface area contributed by atoms with Gasteiger partial charge in [-0.15, -0.1) is 11.8 Å². The second-order valence-corrected chi connectivity index (χ2v) is 6.69. The molecule has 0 saturated heterocycles. The molecular formula is C15H21NS. The predicted molar refractivity (Wildman–Crippen MR) is 75.8 cm³/mol. The molecule has 2 heteroatoms. The van der Waals surface area contributed by atoms with E-state index in [1.807, 2.05) is 0 Å². The van der Waals surface area contributed by atoms with Gasteiger partial charge in [-0.05, 0) is 43.7 Å². The van der Waals surface area contributed by atoms with Crippen LogP contribution in [0.3, 0.4) is 0 Å². The molecule has 2 saturated carbocycles. The molecule has 1 aromatic rings. The van der Waals surface area contributed by atoms with Crippen LogP contribution in [0.4, 0.5) is 5.69 Å². The standard InChI is InChI=1S/C15H21NS/c1-2-6-13(5-1)17-15-8-4-3-7-14(15)16-11-12-9-10-12/h3-4,7-8,12-13,16H,1-2,5-6,9-11H2. The van der Waals surface area contributed by atoms with Gasteiger partial charge in [0, 0.05) is 22.4 Å². The summed E-state index contributed by atoms with van der Waals surface area (Å²) in [6.45, 7) is 1.17. The fourth-order valence-electron chi connectivity index (χ4n) is 2.48. The number of hydrogen-bond donors (Lipinski definition) is 1. The minimum atomic E-state index is 0.860. The molecule has 0 amide bonds. The Bertz CT molecular complexity index is 367. The molecule has 0 radical (unpaired) electrons. The van der Waals surface area contributed by atoms with Crippen molar-refractivity contribution in [1.29, 1.82) is 0 Å². The van der Waals surface area contributed by atoms with Gasteiger partial charge in [-0.2, -0.15) is 0 Å². The Balaban J connectivity index is 1.63. The van der Waals surface area contributed by atoms with Gasteiger partial charge < -0.3 is 5.32 Å². The molecule has 2 fully saturated rings. The third-order valence-corrected chi connectivity index (χ3v) is 5.18. The summed E-state index contributed by atoms with van der Waals surface area (Å²) in [4.78, 5) is 1.46. The van der Waals surface area contributed by atoms with Crippen LogP contribution in [0.25, 0.3) is 0 Å². The highest BCUT2D eigenvalue weighted by molar-refractivity contribution is 8.00. The van der Waals surface area contributed by atoms with Crippen molar-refractivity contribution in [2.45, 2.75) is 48.7 Å². The lowest BCUT2D eigenvalue weighted by molar-refractivity contribution is 0.884. The van der Waals surface area contributed by atoms with Gasteiger partial charge in [0.2, 0.25) is 0 Å². The van der Waals surface area contributed by atoms with Gasteiger partial charge >= 0.3 is 0 Å². The van der Waals surface area contributed by atoms with Gasteiger partial charge in [0.1, 0.15) is 0 Å². The van der Waals surface area contributed by atoms with Crippen LogP contribution >= 0.6 is 11.8 Å². The van der Waals surface area contributed by atoms with Crippen molar-refractivity contribution in [3.8, 4) is 0 Å². The summed E-state index contributed by atoms with van der Waals surface area (Å²) in [6, 6.07) is 8.82. The molecule has 2 aliphatic rings. The quantitative estimate of drug-likeness (QED) is 0.819. The minimum Gasteiger partial charge on any atom is -0.384 e. The maximum Gasteiger partial charge on any atom is 0.0478 e. The molecule has 17 heavy (non-hydrogen) atoms. The fraction of sp³-hybridized carbons (Fsp3) is 0.600. The summed E-state index contributed by atoms with van der Waals surface area (Å²) < 4.78 is 0. The van der Waals surface area contributed by atoms with Gasteiger partial charge in [0.25, 0.3) is 0 Å². The molecule has 0 spiro atoms. The number of thioether (sulfide) groups is 1. The number of nitrogens with one attached hydrogen (secondary N) is 1. The van der Waals surface area contributed by atoms with E-state index in [9.17, 15) is 0 Å². The molecular weight excluding hydrogens is 226 g/mol. The second-order valence-electron chi connectivity index (χ2n) is 5.34. The number of para-hydroxylation sites is 1. The third-order valence-electron chi connectivity index (χ3n) is 3.76. The highest BCUT2D eigenvalue weighted by Gasteiger charge is 2.21. The molecule has 0 bridgehead atoms. The Morgan fingerprint density at radius 1 is 1.06 bits per heavy atom. The van der Waals surface area contributed by atoms with Crippen LogP contribution in [-0.4, -0.2) is 11.8 Å². The zero-order chi connectivity index (χ0) is 11.5. The first-order chi connectivity index (χ1) is 8.42. The Labute approximate surface area is 108 Å². The first kappa shape index (κ1) is 11.5. The van der Waals surface area contributed by atoms with Gasteiger partial charge in [0.15, 0.2) is 0 Å². The van der Waals surface area contributed by atoms with Crippen LogP contribution in [0.1, 0.15) is 38.5 Å². The fourth-order valence-corrected chi connectivity index (χ4v) is 3.83. The Morgan fingerprint density at radius 2 is 1.82 bits per heavy atom. The van der Waals surface area contributed by atoms with E-state index in [0.717, 1.165) is 11.2 Å². The summed E-state index contributed by atoms with van der Waals surface area (Å²) in [7, 11) is 0. The first-order valence-corrected chi connectivity index (χ1v) is 7.79. The largest absolute Gasteiger partial charge is 0.384 e. The van der Waals surface area contributed by atoms with Gasteiger partial charge in [-0.3, -0.25) is 0 Å². The molecule has 0 unspecified atom stereocenters. The topological polar surface area (TPSA) is 12.0 Å². The maximum atomic E-state index is 3.63. The van der Waals surface area contributed by atoms with Gasteiger partial charge in [0.05, 0.1) is 0 Å². The smallest absolute Gasteiger partial charge is 0.0478 e. The summed E-state index contributed by atoms with van der Waals surface area (Å²) >= 11 is 2.09. The van der Waals surface area contributed by atoms with E-state index in [1.165, 1.54) is 55.7 Å². The highest BCUT2D eigenvalue weighted by Crippen LogP contribution is 2.38. The van der Waals surface area contributed by atoms with Crippen molar-refractivity contribution >= 4 is 17.4 Å². The molecule has 0 heterocycles. The van der Waals surface area contributed by atoms with Crippen LogP contribution < -0.4 is 5.32 Å². The lowest BCUT2D eigenvalue weighted by atomic mass is 10.3. The van der Waals surface area contributed by atoms with E-state index >= 15 is 0 Å². The monoisotopic (exact) mass is 247 g/mol. The van der Waals surface area contributed by atoms with E-state index in [4.69, 9.17) is 0 Å². The van der Waals surface area contributed by atoms with Crippen LogP contribution in [0.5, 0.6) is 0 Å². The predicted octanol–water partition coefficient (Wildman–Crippen LogP) is 4.54. The van der Waals surface area contributed by atoms with Crippen LogP contribution in [0.2, 0.25) is 0 Å². The van der Waals surface area contributed by atoms with Gasteiger partial charge in [-0.25, -0.2) is 0 Å². The minimum absolute atomic E-state index is 0.860. The number of rotatable bonds is 5. The summed E-state index contributed by atoms with van der Waals surface area (Å²) in [5.41, 5.74) is 1.36. The summed E-state index contributed by atoms with van der Waals surface area (Å²) in [5.74, 6) is 0.944. The van der Waals surface area contributed by atoms with Crippen LogP contribution in [-0.2, 0) is 0 Å². The molecule has 3 rings (SSSR count). The summed E-state index contributed by atoms with van der Waals surface area (Å²) in [5, 5.41) is 4.49. The molecule has 0 aromatic heterocycles. The van der Waals surface area contributed by atoms with E-state index < -0.39 is 0 Å². The average molecular weight is 247 g/mol. The number of anilines is 1. The van der Waals surface area contributed by atoms with Crippen molar-refractivity contribution < 1.29 is 0 Å². The molecule has 2 aliphatic carbocycles. The molecule has 92 valence electrons. The summed E-state index contributed by atoms with van der Waals surface area (Å²) in [6.07, 6.45) is 8.50. The van der Waals surface area contributed by atoms with Crippen molar-refractivity contribution in [2.75, 3.05) is 11.9 Å². The zero-order valence-corrected chi connectivity index (χ0v) is 11.1. The number of benzene rings is 1. The highest BCUT2D eigenvalue weighted by atomic mass is 32.2. The first-order valence-electron chi connectivity index (χ1n) is 6.91. The average Bonchev–Trinajstić information content (AvgIpc) is 3.05. The van der Waals surface area contributed by atoms with Crippen molar-refractivity contribution in [1.82, 2.24) is 0 Å². The number of hydrogen-bond acceptors (Lipinski definition) is 2. The Hall–Kier alpha value is -0.630. The van der Waals surface area contributed by atoms with Crippen molar-refractivity contribution in [3.05, 3.63) is 24.3 Å². The molecule has 0 aliphatic heterocycles. The molecule has 0 atom stereocenters. The van der Waals surface area contributed by atoms with E-state index in [0.29, 0.717) is 0 Å². The van der Waals surface area contributed by atoms with E-state index in [1.54, 1.807) is 0 Å². The second kappa shape index (κ2) is 5.34. The van der Waals surface area contributed by atoms with E-state index in [2.05, 4.69) is 41.3 Å². The normalized spacial score (nSPS) is 20.7. The molecule has 1 aromatic carbocycles. The molecule has 1 N–H and O–H groups in total. The van der Waals surface area contributed by atoms with Crippen molar-refractivity contribution in [2.24, 2.45) is 5.92 Å². The third kappa shape index (κ3) is 3.19. The van der Waals surface area contributed by atoms with Crippen LogP contribution in [0.15, 0.2) is 29.2 Å². The Morgan fingerprint density at radius 3 is 2.59 bits per heavy atom. The van der Waals surface area contributed by atoms with Crippen LogP contribution in [0, 0.1) is 5.92 Å². The SMILES string of the molecule is c1ccc(SC2CCCC2)c(NCC2CC2)c1. The van der Waals surface area contributed by atoms with Crippen molar-refractivity contribution in [3.63, 3.8) is 0 Å². The zero-order valence-electron chi connectivity index (χ0n) is 10.3. The maximum absolute atomic E-state index is 3.63. The lowest BCUT2D eigenvalue weighted by Gasteiger charge is -2.14. The van der Waals surface area contributed by atoms with Gasteiger partial charge in [-0.1, -0.05) is 25.0 Å². The Kier molecular flexibility index (Phi) is 3.60. The lowest BCUT2D eigenvalue weighted by Crippen LogP contribution is -2.05. The van der Waals surface area contributed by atoms with E-state index in [-0.39, 0.29) is 0 Å². The molecule has 1 nitrogen and oxygen atoms in total.